The Morgan fingerprint density at radius 1 is 0.360 bits per heavy atom. The molecular weight excluding hydrogens is 607 g/mol. The average Bonchev–Trinajstić information content (AvgIpc) is 3.52. The van der Waals surface area contributed by atoms with Gasteiger partial charge in [0.1, 0.15) is 5.82 Å². The molecule has 3 aromatic heterocycles. The van der Waals surface area contributed by atoms with Crippen LogP contribution in [0.25, 0.3) is 92.6 Å². The van der Waals surface area contributed by atoms with Crippen molar-refractivity contribution in [3.8, 4) is 5.82 Å². The lowest BCUT2D eigenvalue weighted by Gasteiger charge is -2.09. The second-order valence-electron chi connectivity index (χ2n) is 13.2. The Morgan fingerprint density at radius 3 is 1.34 bits per heavy atom. The summed E-state index contributed by atoms with van der Waals surface area (Å²) in [7, 11) is 0. The number of hydrogen-bond acceptors (Lipinski definition) is 2. The quantitative estimate of drug-likeness (QED) is 0.179. The van der Waals surface area contributed by atoms with Crippen LogP contribution in [0.2, 0.25) is 0 Å². The van der Waals surface area contributed by atoms with Crippen LogP contribution in [0.5, 0.6) is 0 Å². The van der Waals surface area contributed by atoms with Crippen LogP contribution in [-0.2, 0) is 0 Å². The number of hydrogen-bond donors (Lipinski definition) is 0. The van der Waals surface area contributed by atoms with E-state index in [4.69, 9.17) is 9.97 Å². The fourth-order valence-electron chi connectivity index (χ4n) is 7.56. The molecule has 50 heavy (non-hydrogen) atoms. The maximum absolute atomic E-state index is 5.32. The maximum Gasteiger partial charge on any atom is 0.162 e. The van der Waals surface area contributed by atoms with E-state index in [9.17, 15) is 0 Å². The third-order valence-electron chi connectivity index (χ3n) is 9.94. The summed E-state index contributed by atoms with van der Waals surface area (Å²) in [5, 5.41) is 13.8. The van der Waals surface area contributed by atoms with Crippen LogP contribution in [0.4, 0.5) is 0 Å². The van der Waals surface area contributed by atoms with Gasteiger partial charge >= 0.3 is 0 Å². The first kappa shape index (κ1) is 28.4. The number of rotatable bonds is 1. The van der Waals surface area contributed by atoms with Crippen molar-refractivity contribution in [2.45, 2.75) is 6.92 Å². The van der Waals surface area contributed by atoms with Gasteiger partial charge in [0.15, 0.2) is 5.65 Å². The van der Waals surface area contributed by atoms with E-state index in [1.54, 1.807) is 0 Å². The predicted molar refractivity (Wildman–Crippen MR) is 213 cm³/mol. The summed E-state index contributed by atoms with van der Waals surface area (Å²) >= 11 is 0. The van der Waals surface area contributed by atoms with E-state index in [1.165, 1.54) is 43.3 Å². The first-order chi connectivity index (χ1) is 24.6. The van der Waals surface area contributed by atoms with Crippen LogP contribution in [0, 0.1) is 6.92 Å². The number of aromatic nitrogens is 3. The lowest BCUT2D eigenvalue weighted by Crippen LogP contribution is -1.99. The Balaban J connectivity index is 1.41. The van der Waals surface area contributed by atoms with E-state index >= 15 is 0 Å². The lowest BCUT2D eigenvalue weighted by atomic mass is 10.0. The molecule has 0 unspecified atom stereocenters. The highest BCUT2D eigenvalue weighted by atomic mass is 15.1. The summed E-state index contributed by atoms with van der Waals surface area (Å²) in [5.41, 5.74) is 5.04. The molecular formula is C47H31N3. The van der Waals surface area contributed by atoms with Crippen molar-refractivity contribution in [3.63, 3.8) is 0 Å². The summed E-state index contributed by atoms with van der Waals surface area (Å²) in [4.78, 5) is 10.6. The van der Waals surface area contributed by atoms with Gasteiger partial charge < -0.3 is 0 Å². The lowest BCUT2D eigenvalue weighted by molar-refractivity contribution is 1.09. The fourth-order valence-corrected chi connectivity index (χ4v) is 7.56. The van der Waals surface area contributed by atoms with Crippen molar-refractivity contribution in [1.82, 2.24) is 14.5 Å². The molecule has 0 aliphatic rings. The van der Waals surface area contributed by atoms with E-state index in [1.807, 2.05) is 0 Å². The molecule has 0 spiro atoms. The van der Waals surface area contributed by atoms with E-state index in [-0.39, 0.29) is 0 Å². The molecule has 7 aromatic carbocycles. The number of para-hydroxylation sites is 2. The van der Waals surface area contributed by atoms with Crippen LogP contribution in [0.3, 0.4) is 0 Å². The second kappa shape index (κ2) is 11.3. The molecule has 10 aromatic rings. The summed E-state index contributed by atoms with van der Waals surface area (Å²) < 4.78 is 2.28. The smallest absolute Gasteiger partial charge is 0.162 e. The molecule has 10 rings (SSSR count). The molecule has 0 aliphatic heterocycles. The minimum Gasteiger partial charge on any atom is -0.294 e. The molecule has 3 nitrogen and oxygen atoms in total. The SMILES string of the molecule is Cc1cc2cc(c1)c1cccc(c1)c1cccc(c1)c1nc(-n3c4ccccc4c4ccccc43)cc(n1)c1cccc(c1)c1cccc2c1. The minimum absolute atomic E-state index is 0.689. The van der Waals surface area contributed by atoms with Gasteiger partial charge in [-0.3, -0.25) is 4.57 Å². The second-order valence-corrected chi connectivity index (χ2v) is 13.2. The number of nitrogens with zero attached hydrogens (tertiary/aromatic N) is 3. The molecule has 0 atom stereocenters. The molecule has 0 fully saturated rings. The van der Waals surface area contributed by atoms with Gasteiger partial charge in [0.2, 0.25) is 0 Å². The molecule has 0 amide bonds. The summed E-state index contributed by atoms with van der Waals surface area (Å²) in [5.74, 6) is 0.838. The van der Waals surface area contributed by atoms with E-state index in [2.05, 4.69) is 181 Å². The maximum atomic E-state index is 5.32. The van der Waals surface area contributed by atoms with Crippen LogP contribution in [-0.4, -0.2) is 14.5 Å². The van der Waals surface area contributed by atoms with Gasteiger partial charge in [-0.2, -0.15) is 0 Å². The average molecular weight is 638 g/mol. The molecule has 0 aliphatic carbocycles. The van der Waals surface area contributed by atoms with Crippen molar-refractivity contribution < 1.29 is 0 Å². The standard InChI is InChI=1S/C47H31N3/c1-30-22-39-28-40(23-30)36-15-7-11-32(25-36)34-13-9-17-38(27-34)47-48-43(37-16-8-12-33(26-37)31-10-6-14-35(39)24-31)29-46(49-47)50-44-20-4-2-18-41(44)42-19-3-5-21-45(42)50/h2-29H,1H3. The number of aryl methyl sites for hydroxylation is 1. The topological polar surface area (TPSA) is 30.7 Å². The molecule has 234 valence electrons. The molecule has 3 heteroatoms. The van der Waals surface area contributed by atoms with Crippen LogP contribution in [0.1, 0.15) is 5.56 Å². The molecule has 3 heterocycles. The Bertz CT molecular complexity index is 2920. The van der Waals surface area contributed by atoms with Crippen molar-refractivity contribution in [3.05, 3.63) is 175 Å². The van der Waals surface area contributed by atoms with Crippen molar-refractivity contribution in [2.24, 2.45) is 0 Å². The molecule has 12 bridgehead atoms. The van der Waals surface area contributed by atoms with Gasteiger partial charge in [0, 0.05) is 27.6 Å². The molecule has 0 radical (unpaired) electrons. The largest absolute Gasteiger partial charge is 0.294 e. The van der Waals surface area contributed by atoms with Gasteiger partial charge in [-0.15, -0.1) is 0 Å². The van der Waals surface area contributed by atoms with Gasteiger partial charge in [0.05, 0.1) is 16.6 Å². The summed E-state index contributed by atoms with van der Waals surface area (Å²) in [6, 6.07) is 61.2. The third kappa shape index (κ3) is 4.75. The first-order valence-corrected chi connectivity index (χ1v) is 17.1. The van der Waals surface area contributed by atoms with Crippen molar-refractivity contribution >= 4 is 86.8 Å². The van der Waals surface area contributed by atoms with Gasteiger partial charge in [-0.25, -0.2) is 9.97 Å². The van der Waals surface area contributed by atoms with Gasteiger partial charge in [-0.1, -0.05) is 121 Å². The number of benzene rings is 7. The normalized spacial score (nSPS) is 11.7. The van der Waals surface area contributed by atoms with Crippen LogP contribution >= 0.6 is 0 Å². The van der Waals surface area contributed by atoms with E-state index in [0.29, 0.717) is 5.65 Å². The molecule has 0 saturated carbocycles. The highest BCUT2D eigenvalue weighted by molar-refractivity contribution is 6.09. The highest BCUT2D eigenvalue weighted by Crippen LogP contribution is 2.33. The Kier molecular flexibility index (Phi) is 6.40. The highest BCUT2D eigenvalue weighted by Gasteiger charge is 2.14. The molecule has 0 saturated heterocycles. The van der Waals surface area contributed by atoms with Crippen molar-refractivity contribution in [1.29, 1.82) is 0 Å². The Morgan fingerprint density at radius 2 is 0.780 bits per heavy atom. The minimum atomic E-state index is 0.689. The van der Waals surface area contributed by atoms with Crippen LogP contribution in [0.15, 0.2) is 170 Å². The monoisotopic (exact) mass is 637 g/mol. The van der Waals surface area contributed by atoms with E-state index in [0.717, 1.165) is 49.3 Å². The van der Waals surface area contributed by atoms with Gasteiger partial charge in [0.25, 0.3) is 0 Å². The number of fused-ring (bicyclic) bond motifs is 21. The third-order valence-corrected chi connectivity index (χ3v) is 9.94. The fraction of sp³-hybridized carbons (Fsp3) is 0.0213. The first-order valence-electron chi connectivity index (χ1n) is 17.1. The zero-order valence-electron chi connectivity index (χ0n) is 27.5. The zero-order chi connectivity index (χ0) is 33.2. The summed E-state index contributed by atoms with van der Waals surface area (Å²) in [6.45, 7) is 2.18. The van der Waals surface area contributed by atoms with E-state index < -0.39 is 0 Å². The Labute approximate surface area is 288 Å². The predicted octanol–water partition coefficient (Wildman–Crippen LogP) is 12.5. The molecule has 0 N–H and O–H groups in total. The van der Waals surface area contributed by atoms with Gasteiger partial charge in [-0.05, 0) is 98.0 Å². The summed E-state index contributed by atoms with van der Waals surface area (Å²) in [6.07, 6.45) is 0. The Hall–Kier alpha value is -6.58. The zero-order valence-corrected chi connectivity index (χ0v) is 27.5. The van der Waals surface area contributed by atoms with Crippen LogP contribution < -0.4 is 0 Å². The van der Waals surface area contributed by atoms with Crippen molar-refractivity contribution in [2.75, 3.05) is 0 Å².